The van der Waals surface area contributed by atoms with Gasteiger partial charge in [0, 0.05) is 18.7 Å². The van der Waals surface area contributed by atoms with Crippen LogP contribution >= 0.6 is 12.4 Å². The average Bonchev–Trinajstić information content (AvgIpc) is 2.96. The number of carbonyl (C=O) groups excluding carboxylic acids is 1. The van der Waals surface area contributed by atoms with Gasteiger partial charge in [-0.05, 0) is 43.5 Å². The summed E-state index contributed by atoms with van der Waals surface area (Å²) < 4.78 is 27.3. The molecule has 110 valence electrons. The first-order chi connectivity index (χ1) is 9.16. The highest BCUT2D eigenvalue weighted by molar-refractivity contribution is 5.85. The third-order valence-electron chi connectivity index (χ3n) is 3.97. The van der Waals surface area contributed by atoms with Crippen molar-refractivity contribution in [2.24, 2.45) is 0 Å². The van der Waals surface area contributed by atoms with Gasteiger partial charge < -0.3 is 10.2 Å². The van der Waals surface area contributed by atoms with Crippen molar-refractivity contribution in [3.63, 3.8) is 0 Å². The zero-order valence-corrected chi connectivity index (χ0v) is 11.8. The van der Waals surface area contributed by atoms with Gasteiger partial charge in [0.2, 0.25) is 5.91 Å². The summed E-state index contributed by atoms with van der Waals surface area (Å²) in [6.07, 6.45) is 2.20. The van der Waals surface area contributed by atoms with Crippen molar-refractivity contribution in [2.45, 2.75) is 31.8 Å². The van der Waals surface area contributed by atoms with Crippen LogP contribution in [-0.4, -0.2) is 29.9 Å². The van der Waals surface area contributed by atoms with Crippen molar-refractivity contribution < 1.29 is 13.6 Å². The second-order valence-electron chi connectivity index (χ2n) is 5.15. The third kappa shape index (κ3) is 2.65. The van der Waals surface area contributed by atoms with Gasteiger partial charge in [-0.3, -0.25) is 4.79 Å². The molecule has 2 aliphatic rings. The first-order valence-corrected chi connectivity index (χ1v) is 6.65. The second-order valence-corrected chi connectivity index (χ2v) is 5.15. The van der Waals surface area contributed by atoms with Gasteiger partial charge in [-0.2, -0.15) is 0 Å². The highest BCUT2D eigenvalue weighted by Crippen LogP contribution is 2.25. The zero-order chi connectivity index (χ0) is 13.4. The smallest absolute Gasteiger partial charge is 0.240 e. The first-order valence-electron chi connectivity index (χ1n) is 6.65. The molecule has 1 aromatic rings. The van der Waals surface area contributed by atoms with Crippen molar-refractivity contribution in [3.8, 4) is 0 Å². The molecule has 6 heteroatoms. The molecule has 3 rings (SSSR count). The maximum absolute atomic E-state index is 13.7. The van der Waals surface area contributed by atoms with E-state index >= 15 is 0 Å². The fourth-order valence-corrected chi connectivity index (χ4v) is 2.90. The van der Waals surface area contributed by atoms with Crippen LogP contribution in [0.25, 0.3) is 0 Å². The SMILES string of the molecule is Cl.O=C(C1CCCN1)N1CCc2c(F)ccc(F)c2C1. The van der Waals surface area contributed by atoms with Crippen LogP contribution in [0.2, 0.25) is 0 Å². The summed E-state index contributed by atoms with van der Waals surface area (Å²) in [6, 6.07) is 2.14. The number of nitrogens with zero attached hydrogens (tertiary/aromatic N) is 1. The van der Waals surface area contributed by atoms with Crippen LogP contribution < -0.4 is 5.32 Å². The molecule has 0 radical (unpaired) electrons. The van der Waals surface area contributed by atoms with Crippen LogP contribution in [0.1, 0.15) is 24.0 Å². The maximum Gasteiger partial charge on any atom is 0.240 e. The lowest BCUT2D eigenvalue weighted by Gasteiger charge is -2.31. The van der Waals surface area contributed by atoms with Crippen LogP contribution in [0.3, 0.4) is 0 Å². The van der Waals surface area contributed by atoms with E-state index in [0.29, 0.717) is 24.1 Å². The fourth-order valence-electron chi connectivity index (χ4n) is 2.90. The lowest BCUT2D eigenvalue weighted by molar-refractivity contribution is -0.134. The van der Waals surface area contributed by atoms with Crippen LogP contribution in [0.5, 0.6) is 0 Å². The van der Waals surface area contributed by atoms with E-state index in [1.165, 1.54) is 0 Å². The van der Waals surface area contributed by atoms with Gasteiger partial charge >= 0.3 is 0 Å². The van der Waals surface area contributed by atoms with Gasteiger partial charge in [0.25, 0.3) is 0 Å². The molecule has 1 unspecified atom stereocenters. The predicted octanol–water partition coefficient (Wildman–Crippen LogP) is 2.02. The maximum atomic E-state index is 13.7. The number of rotatable bonds is 1. The molecular weight excluding hydrogens is 286 g/mol. The highest BCUT2D eigenvalue weighted by atomic mass is 35.5. The van der Waals surface area contributed by atoms with Crippen LogP contribution in [0.15, 0.2) is 12.1 Å². The zero-order valence-electron chi connectivity index (χ0n) is 11.0. The van der Waals surface area contributed by atoms with Crippen molar-refractivity contribution in [1.29, 1.82) is 0 Å². The average molecular weight is 303 g/mol. The molecule has 1 atom stereocenters. The largest absolute Gasteiger partial charge is 0.337 e. The van der Waals surface area contributed by atoms with Crippen molar-refractivity contribution in [3.05, 3.63) is 34.9 Å². The summed E-state index contributed by atoms with van der Waals surface area (Å²) in [5, 5.41) is 3.14. The Kier molecular flexibility index (Phi) is 4.60. The number of hydrogen-bond donors (Lipinski definition) is 1. The topological polar surface area (TPSA) is 32.3 Å². The van der Waals surface area contributed by atoms with Gasteiger partial charge in [0.05, 0.1) is 6.04 Å². The van der Waals surface area contributed by atoms with Gasteiger partial charge in [0.1, 0.15) is 11.6 Å². The summed E-state index contributed by atoms with van der Waals surface area (Å²) in [5.41, 5.74) is 0.751. The number of carbonyl (C=O) groups is 1. The second kappa shape index (κ2) is 6.06. The molecule has 1 fully saturated rings. The lowest BCUT2D eigenvalue weighted by Crippen LogP contribution is -2.46. The highest BCUT2D eigenvalue weighted by Gasteiger charge is 2.30. The van der Waals surface area contributed by atoms with E-state index in [4.69, 9.17) is 0 Å². The van der Waals surface area contributed by atoms with E-state index in [-0.39, 0.29) is 36.7 Å². The Hall–Kier alpha value is -1.20. The Balaban J connectivity index is 0.00000147. The van der Waals surface area contributed by atoms with Gasteiger partial charge in [-0.1, -0.05) is 0 Å². The molecule has 0 spiro atoms. The quantitative estimate of drug-likeness (QED) is 0.861. The summed E-state index contributed by atoms with van der Waals surface area (Å²) in [5.74, 6) is -0.789. The minimum absolute atomic E-state index is 0. The minimum Gasteiger partial charge on any atom is -0.337 e. The molecule has 0 aliphatic carbocycles. The van der Waals surface area contributed by atoms with Crippen molar-refractivity contribution in [1.82, 2.24) is 10.2 Å². The summed E-state index contributed by atoms with van der Waals surface area (Å²) in [4.78, 5) is 13.9. The number of halogens is 3. The van der Waals surface area contributed by atoms with E-state index in [0.717, 1.165) is 31.5 Å². The molecule has 2 aliphatic heterocycles. The molecular formula is C14H17ClF2N2O. The van der Waals surface area contributed by atoms with Crippen LogP contribution in [0.4, 0.5) is 8.78 Å². The fraction of sp³-hybridized carbons (Fsp3) is 0.500. The normalized spacial score (nSPS) is 21.3. The lowest BCUT2D eigenvalue weighted by atomic mass is 9.98. The molecule has 1 N–H and O–H groups in total. The number of fused-ring (bicyclic) bond motifs is 1. The monoisotopic (exact) mass is 302 g/mol. The molecule has 1 amide bonds. The Morgan fingerprint density at radius 1 is 1.25 bits per heavy atom. The Morgan fingerprint density at radius 3 is 2.60 bits per heavy atom. The Morgan fingerprint density at radius 2 is 1.95 bits per heavy atom. The van der Waals surface area contributed by atoms with E-state index in [9.17, 15) is 13.6 Å². The minimum atomic E-state index is -0.423. The molecule has 0 aromatic heterocycles. The molecule has 0 saturated carbocycles. The third-order valence-corrected chi connectivity index (χ3v) is 3.97. The van der Waals surface area contributed by atoms with E-state index in [1.54, 1.807) is 4.90 Å². The van der Waals surface area contributed by atoms with Crippen LogP contribution in [-0.2, 0) is 17.8 Å². The van der Waals surface area contributed by atoms with E-state index in [1.807, 2.05) is 0 Å². The summed E-state index contributed by atoms with van der Waals surface area (Å²) in [7, 11) is 0. The Labute approximate surface area is 122 Å². The number of amides is 1. The number of benzene rings is 1. The van der Waals surface area contributed by atoms with Crippen LogP contribution in [0, 0.1) is 11.6 Å². The molecule has 2 heterocycles. The summed E-state index contributed by atoms with van der Waals surface area (Å²) >= 11 is 0. The van der Waals surface area contributed by atoms with Crippen molar-refractivity contribution in [2.75, 3.05) is 13.1 Å². The Bertz CT molecular complexity index is 518. The van der Waals surface area contributed by atoms with Gasteiger partial charge in [-0.15, -0.1) is 12.4 Å². The summed E-state index contributed by atoms with van der Waals surface area (Å²) in [6.45, 7) is 1.49. The van der Waals surface area contributed by atoms with Gasteiger partial charge in [0.15, 0.2) is 0 Å². The molecule has 3 nitrogen and oxygen atoms in total. The van der Waals surface area contributed by atoms with E-state index < -0.39 is 5.82 Å². The standard InChI is InChI=1S/C14H16F2N2O.ClH/c15-11-3-4-12(16)10-8-18(7-5-9(10)11)14(19)13-2-1-6-17-13;/h3-4,13,17H,1-2,5-8H2;1H. The number of nitrogens with one attached hydrogen (secondary N) is 1. The van der Waals surface area contributed by atoms with Crippen molar-refractivity contribution >= 4 is 18.3 Å². The molecule has 0 bridgehead atoms. The number of hydrogen-bond acceptors (Lipinski definition) is 2. The molecule has 20 heavy (non-hydrogen) atoms. The van der Waals surface area contributed by atoms with Gasteiger partial charge in [-0.25, -0.2) is 8.78 Å². The molecule has 1 saturated heterocycles. The predicted molar refractivity (Wildman–Crippen MR) is 73.8 cm³/mol. The molecule has 1 aromatic carbocycles. The van der Waals surface area contributed by atoms with E-state index in [2.05, 4.69) is 5.32 Å². The first kappa shape index (κ1) is 15.2.